The highest BCUT2D eigenvalue weighted by Crippen LogP contribution is 2.28. The van der Waals surface area contributed by atoms with Gasteiger partial charge in [0.25, 0.3) is 5.91 Å². The van der Waals surface area contributed by atoms with Crippen molar-refractivity contribution >= 4 is 22.5 Å². The molecule has 2 aromatic carbocycles. The molecule has 0 aliphatic carbocycles. The fourth-order valence-electron chi connectivity index (χ4n) is 4.91. The van der Waals surface area contributed by atoms with Gasteiger partial charge in [-0.15, -0.1) is 0 Å². The standard InChI is InChI=1S/C28H34N4O2/c33-28(32-17-19-34-20-18-32)23-11-9-22(10-12-23)26-21-27(24-7-2-3-8-25(24)30-26)29-13-6-16-31-14-4-1-5-15-31/h2-3,7-12,21H,1,4-6,13-20H2,(H,29,30). The monoisotopic (exact) mass is 458 g/mol. The molecule has 1 amide bonds. The van der Waals surface area contributed by atoms with E-state index in [2.05, 4.69) is 34.5 Å². The fourth-order valence-corrected chi connectivity index (χ4v) is 4.91. The number of ether oxygens (including phenoxy) is 1. The number of carbonyl (C=O) groups is 1. The van der Waals surface area contributed by atoms with Gasteiger partial charge >= 0.3 is 0 Å². The molecule has 34 heavy (non-hydrogen) atoms. The number of pyridine rings is 1. The lowest BCUT2D eigenvalue weighted by atomic mass is 10.0. The van der Waals surface area contributed by atoms with Gasteiger partial charge in [-0.2, -0.15) is 0 Å². The number of likely N-dealkylation sites (tertiary alicyclic amines) is 1. The Morgan fingerprint density at radius 1 is 0.941 bits per heavy atom. The van der Waals surface area contributed by atoms with Crippen molar-refractivity contribution in [1.29, 1.82) is 0 Å². The van der Waals surface area contributed by atoms with Crippen LogP contribution in [0.25, 0.3) is 22.2 Å². The van der Waals surface area contributed by atoms with Crippen LogP contribution in [0.2, 0.25) is 0 Å². The van der Waals surface area contributed by atoms with Gasteiger partial charge in [0.2, 0.25) is 0 Å². The molecule has 0 radical (unpaired) electrons. The number of para-hydroxylation sites is 1. The number of hydrogen-bond acceptors (Lipinski definition) is 5. The minimum atomic E-state index is 0.0670. The maximum atomic E-state index is 12.8. The summed E-state index contributed by atoms with van der Waals surface area (Å²) in [5, 5.41) is 4.81. The number of hydrogen-bond donors (Lipinski definition) is 1. The molecular formula is C28H34N4O2. The number of morpholine rings is 1. The largest absolute Gasteiger partial charge is 0.384 e. The predicted molar refractivity (Wildman–Crippen MR) is 137 cm³/mol. The van der Waals surface area contributed by atoms with E-state index in [1.54, 1.807) is 0 Å². The molecule has 1 N–H and O–H groups in total. The van der Waals surface area contributed by atoms with Gasteiger partial charge in [0.05, 0.1) is 24.4 Å². The van der Waals surface area contributed by atoms with Crippen LogP contribution in [0.4, 0.5) is 5.69 Å². The molecule has 5 rings (SSSR count). The third kappa shape index (κ3) is 5.40. The number of piperidine rings is 1. The molecule has 0 spiro atoms. The predicted octanol–water partition coefficient (Wildman–Crippen LogP) is 4.66. The number of anilines is 1. The topological polar surface area (TPSA) is 57.7 Å². The average molecular weight is 459 g/mol. The van der Waals surface area contributed by atoms with Gasteiger partial charge in [-0.1, -0.05) is 36.8 Å². The van der Waals surface area contributed by atoms with Crippen LogP contribution in [0.1, 0.15) is 36.0 Å². The molecule has 2 fully saturated rings. The SMILES string of the molecule is O=C(c1ccc(-c2cc(NCCCN3CCCCC3)c3ccccc3n2)cc1)N1CCOCC1. The molecule has 0 atom stereocenters. The first-order valence-corrected chi connectivity index (χ1v) is 12.6. The van der Waals surface area contributed by atoms with E-state index in [1.165, 1.54) is 32.4 Å². The summed E-state index contributed by atoms with van der Waals surface area (Å²) in [5.74, 6) is 0.0670. The minimum Gasteiger partial charge on any atom is -0.384 e. The summed E-state index contributed by atoms with van der Waals surface area (Å²) in [5.41, 5.74) is 4.74. The Bertz CT molecular complexity index is 1100. The van der Waals surface area contributed by atoms with E-state index in [1.807, 2.05) is 35.2 Å². The smallest absolute Gasteiger partial charge is 0.254 e. The highest BCUT2D eigenvalue weighted by atomic mass is 16.5. The first-order chi connectivity index (χ1) is 16.8. The summed E-state index contributed by atoms with van der Waals surface area (Å²) >= 11 is 0. The van der Waals surface area contributed by atoms with Crippen molar-refractivity contribution in [1.82, 2.24) is 14.8 Å². The Morgan fingerprint density at radius 3 is 2.50 bits per heavy atom. The number of nitrogens with one attached hydrogen (secondary N) is 1. The summed E-state index contributed by atoms with van der Waals surface area (Å²) in [6.07, 6.45) is 5.18. The second-order valence-electron chi connectivity index (χ2n) is 9.24. The van der Waals surface area contributed by atoms with E-state index in [9.17, 15) is 4.79 Å². The maximum absolute atomic E-state index is 12.8. The lowest BCUT2D eigenvalue weighted by Gasteiger charge is -2.26. The van der Waals surface area contributed by atoms with Crippen LogP contribution in [0.3, 0.4) is 0 Å². The number of amides is 1. The molecule has 3 heterocycles. The minimum absolute atomic E-state index is 0.0670. The van der Waals surface area contributed by atoms with E-state index in [4.69, 9.17) is 9.72 Å². The first-order valence-electron chi connectivity index (χ1n) is 12.6. The van der Waals surface area contributed by atoms with E-state index in [0.29, 0.717) is 31.9 Å². The summed E-state index contributed by atoms with van der Waals surface area (Å²) in [4.78, 5) is 22.1. The highest BCUT2D eigenvalue weighted by molar-refractivity contribution is 5.96. The zero-order valence-corrected chi connectivity index (χ0v) is 19.8. The van der Waals surface area contributed by atoms with Gasteiger partial charge in [0, 0.05) is 41.8 Å². The van der Waals surface area contributed by atoms with Crippen molar-refractivity contribution in [2.75, 3.05) is 57.8 Å². The molecule has 0 unspecified atom stereocenters. The van der Waals surface area contributed by atoms with Crippen molar-refractivity contribution in [3.05, 3.63) is 60.2 Å². The van der Waals surface area contributed by atoms with E-state index >= 15 is 0 Å². The molecule has 2 saturated heterocycles. The second kappa shape index (κ2) is 11.0. The van der Waals surface area contributed by atoms with Gasteiger partial charge in [0.15, 0.2) is 0 Å². The number of fused-ring (bicyclic) bond motifs is 1. The molecule has 6 heteroatoms. The van der Waals surface area contributed by atoms with Gasteiger partial charge in [-0.25, -0.2) is 4.98 Å². The van der Waals surface area contributed by atoms with Crippen LogP contribution in [0.15, 0.2) is 54.6 Å². The third-order valence-electron chi connectivity index (χ3n) is 6.86. The van der Waals surface area contributed by atoms with Crippen LogP contribution in [0, 0.1) is 0 Å². The Hall–Kier alpha value is -2.96. The lowest BCUT2D eigenvalue weighted by molar-refractivity contribution is 0.0303. The Morgan fingerprint density at radius 2 is 1.71 bits per heavy atom. The van der Waals surface area contributed by atoms with Crippen LogP contribution < -0.4 is 5.32 Å². The molecule has 0 saturated carbocycles. The Kier molecular flexibility index (Phi) is 7.37. The average Bonchev–Trinajstić information content (AvgIpc) is 2.91. The third-order valence-corrected chi connectivity index (χ3v) is 6.86. The van der Waals surface area contributed by atoms with Gasteiger partial charge in [-0.05, 0) is 63.2 Å². The Balaban J connectivity index is 1.30. The summed E-state index contributed by atoms with van der Waals surface area (Å²) < 4.78 is 5.36. The molecule has 6 nitrogen and oxygen atoms in total. The molecular weight excluding hydrogens is 424 g/mol. The highest BCUT2D eigenvalue weighted by Gasteiger charge is 2.18. The number of benzene rings is 2. The summed E-state index contributed by atoms with van der Waals surface area (Å²) in [6, 6.07) is 18.3. The summed E-state index contributed by atoms with van der Waals surface area (Å²) in [7, 11) is 0. The van der Waals surface area contributed by atoms with Crippen molar-refractivity contribution in [3.63, 3.8) is 0 Å². The van der Waals surface area contributed by atoms with E-state index in [0.717, 1.165) is 47.4 Å². The van der Waals surface area contributed by atoms with Crippen LogP contribution in [0.5, 0.6) is 0 Å². The number of rotatable bonds is 7. The van der Waals surface area contributed by atoms with Crippen molar-refractivity contribution in [2.45, 2.75) is 25.7 Å². The van der Waals surface area contributed by atoms with E-state index in [-0.39, 0.29) is 5.91 Å². The fraction of sp³-hybridized carbons (Fsp3) is 0.429. The molecule has 1 aromatic heterocycles. The normalized spacial score (nSPS) is 17.1. The number of carbonyl (C=O) groups excluding carboxylic acids is 1. The summed E-state index contributed by atoms with van der Waals surface area (Å²) in [6.45, 7) is 7.10. The lowest BCUT2D eigenvalue weighted by Crippen LogP contribution is -2.40. The Labute approximate surface area is 201 Å². The molecule has 178 valence electrons. The molecule has 0 bridgehead atoms. The van der Waals surface area contributed by atoms with Crippen molar-refractivity contribution in [3.8, 4) is 11.3 Å². The van der Waals surface area contributed by atoms with Crippen molar-refractivity contribution < 1.29 is 9.53 Å². The zero-order chi connectivity index (χ0) is 23.2. The number of aromatic nitrogens is 1. The molecule has 2 aliphatic heterocycles. The molecule has 2 aliphatic rings. The van der Waals surface area contributed by atoms with Crippen LogP contribution in [-0.2, 0) is 4.74 Å². The van der Waals surface area contributed by atoms with Gasteiger partial charge in [0.1, 0.15) is 0 Å². The van der Waals surface area contributed by atoms with Crippen LogP contribution >= 0.6 is 0 Å². The zero-order valence-electron chi connectivity index (χ0n) is 19.8. The van der Waals surface area contributed by atoms with E-state index < -0.39 is 0 Å². The quantitative estimate of drug-likeness (QED) is 0.522. The first kappa shape index (κ1) is 22.8. The number of nitrogens with zero attached hydrogens (tertiary/aromatic N) is 3. The van der Waals surface area contributed by atoms with Crippen molar-refractivity contribution in [2.24, 2.45) is 0 Å². The maximum Gasteiger partial charge on any atom is 0.254 e. The van der Waals surface area contributed by atoms with Crippen LogP contribution in [-0.4, -0.2) is 73.2 Å². The van der Waals surface area contributed by atoms with Gasteiger partial charge in [-0.3, -0.25) is 4.79 Å². The second-order valence-corrected chi connectivity index (χ2v) is 9.24. The van der Waals surface area contributed by atoms with Gasteiger partial charge < -0.3 is 19.9 Å². The molecule has 3 aromatic rings.